The van der Waals surface area contributed by atoms with Crippen molar-refractivity contribution in [2.24, 2.45) is 5.73 Å². The number of nitrogens with one attached hydrogen (secondary N) is 2. The maximum Gasteiger partial charge on any atom is 0.323 e. The lowest BCUT2D eigenvalue weighted by Crippen LogP contribution is -2.53. The number of anilines is 4. The monoisotopic (exact) mass is 728 g/mol. The normalized spacial score (nSPS) is 21.5. The Morgan fingerprint density at radius 2 is 1.33 bits per heavy atom. The van der Waals surface area contributed by atoms with Crippen LogP contribution in [0.3, 0.4) is 0 Å². The Labute approximate surface area is 320 Å². The highest BCUT2D eigenvalue weighted by Crippen LogP contribution is 2.40. The lowest BCUT2D eigenvalue weighted by molar-refractivity contribution is 0.236. The van der Waals surface area contributed by atoms with Crippen molar-refractivity contribution >= 4 is 29.0 Å². The molecule has 2 atom stereocenters. The van der Waals surface area contributed by atoms with E-state index >= 15 is 0 Å². The van der Waals surface area contributed by atoms with Crippen LogP contribution < -0.4 is 31.1 Å². The highest BCUT2D eigenvalue weighted by molar-refractivity contribution is 5.97. The number of nitrogens with zero attached hydrogens (tertiary/aromatic N) is 7. The van der Waals surface area contributed by atoms with Crippen molar-refractivity contribution in [3.8, 4) is 22.5 Å². The molecule has 4 aromatic heterocycles. The molecule has 6 aliphatic rings. The summed E-state index contributed by atoms with van der Waals surface area (Å²) in [5.74, 6) is 1.83. The van der Waals surface area contributed by atoms with Crippen LogP contribution in [0.5, 0.6) is 0 Å². The standard InChI is InChI=1S/C22H27N5O.C15H16N4.C6H13N/c1-15-13-16(9-11-23-15)19-7-8-20-21(25-19)27(18-10-12-26(20)14-18)22(28)24-17-5-3-2-4-6-17;1-10-8-11(4-6-16-10)13-2-3-14-15(18-13)17-12-5-7-19(14)9-12;7-6-4-2-1-3-5-6/h7-9,11,13,17-18H,2-6,10,12,14H2,1H3,(H,24,28);2-4,6,8,12H,5,7,9H2,1H3,(H,17,18);6H,1-5,7H2/t18-;12-;/m00./s1. The summed E-state index contributed by atoms with van der Waals surface area (Å²) in [6.45, 7) is 8.13. The largest absolute Gasteiger partial charge is 0.366 e. The average molecular weight is 729 g/mol. The second-order valence-electron chi connectivity index (χ2n) is 16.0. The molecule has 10 rings (SSSR count). The zero-order chi connectivity index (χ0) is 37.0. The van der Waals surface area contributed by atoms with Crippen molar-refractivity contribution in [2.75, 3.05) is 46.2 Å². The van der Waals surface area contributed by atoms with E-state index in [2.05, 4.69) is 60.7 Å². The van der Waals surface area contributed by atoms with Crippen LogP contribution in [-0.4, -0.2) is 76.3 Å². The molecule has 0 unspecified atom stereocenters. The topological polar surface area (TPSA) is 128 Å². The first-order valence-electron chi connectivity index (χ1n) is 20.4. The number of fused-ring (bicyclic) bond motifs is 8. The summed E-state index contributed by atoms with van der Waals surface area (Å²) in [7, 11) is 0. The number of carbonyl (C=O) groups is 1. The minimum absolute atomic E-state index is 0.0234. The first-order valence-corrected chi connectivity index (χ1v) is 20.4. The predicted molar refractivity (Wildman–Crippen MR) is 218 cm³/mol. The quantitative estimate of drug-likeness (QED) is 0.195. The highest BCUT2D eigenvalue weighted by Gasteiger charge is 2.41. The van der Waals surface area contributed by atoms with E-state index in [0.717, 1.165) is 96.7 Å². The molecule has 4 fully saturated rings. The number of aryl methyl sites for hydroxylation is 2. The van der Waals surface area contributed by atoms with Gasteiger partial charge in [0.1, 0.15) is 0 Å². The van der Waals surface area contributed by atoms with Crippen LogP contribution in [-0.2, 0) is 0 Å². The molecule has 4 aliphatic heterocycles. The lowest BCUT2D eigenvalue weighted by atomic mass is 9.96. The maximum absolute atomic E-state index is 13.3. The van der Waals surface area contributed by atoms with E-state index in [4.69, 9.17) is 15.7 Å². The Morgan fingerprint density at radius 3 is 1.98 bits per heavy atom. The number of amides is 2. The van der Waals surface area contributed by atoms with Gasteiger partial charge in [0.05, 0.1) is 28.8 Å². The van der Waals surface area contributed by atoms with Crippen LogP contribution in [0.1, 0.15) is 88.4 Å². The molecule has 11 heteroatoms. The van der Waals surface area contributed by atoms with Gasteiger partial charge in [-0.25, -0.2) is 14.8 Å². The average Bonchev–Trinajstić information content (AvgIpc) is 3.80. The van der Waals surface area contributed by atoms with Crippen molar-refractivity contribution in [1.29, 1.82) is 0 Å². The van der Waals surface area contributed by atoms with E-state index in [0.29, 0.717) is 18.1 Å². The van der Waals surface area contributed by atoms with Gasteiger partial charge in [-0.15, -0.1) is 0 Å². The molecular weight excluding hydrogens is 673 g/mol. The number of carbonyl (C=O) groups excluding carboxylic acids is 1. The van der Waals surface area contributed by atoms with Gasteiger partial charge in [0, 0.05) is 79.2 Å². The van der Waals surface area contributed by atoms with Crippen molar-refractivity contribution in [3.05, 3.63) is 72.3 Å². The molecule has 4 aromatic rings. The molecular formula is C43H56N10O. The lowest BCUT2D eigenvalue weighted by Gasteiger charge is -2.37. The van der Waals surface area contributed by atoms with Crippen LogP contribution in [0.25, 0.3) is 22.5 Å². The molecule has 0 spiro atoms. The zero-order valence-electron chi connectivity index (χ0n) is 32.0. The van der Waals surface area contributed by atoms with Crippen LogP contribution >= 0.6 is 0 Å². The van der Waals surface area contributed by atoms with Crippen molar-refractivity contribution in [3.63, 3.8) is 0 Å². The Balaban J connectivity index is 0.000000136. The Morgan fingerprint density at radius 1 is 0.722 bits per heavy atom. The smallest absolute Gasteiger partial charge is 0.323 e. The van der Waals surface area contributed by atoms with E-state index < -0.39 is 0 Å². The number of aromatic nitrogens is 4. The third-order valence-electron chi connectivity index (χ3n) is 11.9. The van der Waals surface area contributed by atoms with Gasteiger partial charge in [-0.1, -0.05) is 38.5 Å². The number of urea groups is 1. The van der Waals surface area contributed by atoms with E-state index in [9.17, 15) is 4.79 Å². The Bertz CT molecular complexity index is 1920. The molecule has 0 aromatic carbocycles. The molecule has 2 aliphatic carbocycles. The molecule has 2 saturated carbocycles. The van der Waals surface area contributed by atoms with Gasteiger partial charge in [0.25, 0.3) is 0 Å². The van der Waals surface area contributed by atoms with Crippen molar-refractivity contribution in [1.82, 2.24) is 25.3 Å². The first-order chi connectivity index (χ1) is 26.4. The van der Waals surface area contributed by atoms with Gasteiger partial charge in [-0.2, -0.15) is 0 Å². The molecule has 284 valence electrons. The van der Waals surface area contributed by atoms with Gasteiger partial charge in [-0.05, 0) is 101 Å². The van der Waals surface area contributed by atoms with Gasteiger partial charge in [0.15, 0.2) is 11.6 Å². The molecule has 4 N–H and O–H groups in total. The van der Waals surface area contributed by atoms with Crippen LogP contribution in [0.15, 0.2) is 60.9 Å². The third kappa shape index (κ3) is 8.16. The van der Waals surface area contributed by atoms with Gasteiger partial charge in [0.2, 0.25) is 0 Å². The van der Waals surface area contributed by atoms with Crippen LogP contribution in [0.2, 0.25) is 0 Å². The van der Waals surface area contributed by atoms with Gasteiger partial charge < -0.3 is 26.2 Å². The molecule has 4 bridgehead atoms. The molecule has 54 heavy (non-hydrogen) atoms. The third-order valence-corrected chi connectivity index (χ3v) is 11.9. The zero-order valence-corrected chi connectivity index (χ0v) is 32.0. The molecule has 2 saturated heterocycles. The Kier molecular flexibility index (Phi) is 10.9. The molecule has 11 nitrogen and oxygen atoms in total. The van der Waals surface area contributed by atoms with Gasteiger partial charge in [-0.3, -0.25) is 14.9 Å². The fraction of sp³-hybridized carbons (Fsp3) is 0.512. The fourth-order valence-corrected chi connectivity index (χ4v) is 8.93. The molecule has 8 heterocycles. The summed E-state index contributed by atoms with van der Waals surface area (Å²) >= 11 is 0. The maximum atomic E-state index is 13.3. The summed E-state index contributed by atoms with van der Waals surface area (Å²) in [6, 6.07) is 18.2. The van der Waals surface area contributed by atoms with E-state index in [1.807, 2.05) is 49.3 Å². The van der Waals surface area contributed by atoms with Crippen LogP contribution in [0, 0.1) is 13.8 Å². The summed E-state index contributed by atoms with van der Waals surface area (Å²) < 4.78 is 0. The number of nitrogens with two attached hydrogens (primary N) is 1. The summed E-state index contributed by atoms with van der Waals surface area (Å²) in [4.78, 5) is 38.2. The minimum atomic E-state index is 0.0234. The van der Waals surface area contributed by atoms with Crippen molar-refractivity contribution in [2.45, 2.75) is 115 Å². The second-order valence-corrected chi connectivity index (χ2v) is 16.0. The predicted octanol–water partition coefficient (Wildman–Crippen LogP) is 7.63. The SMILES string of the molecule is Cc1cc(-c2ccc3c(n2)N(C(=O)NC2CCCCC2)[C@H]2CCN3C2)ccn1.Cc1cc(-c2ccc3c(n2)N[C@H]2CCN3C2)ccn1.NC1CCCCC1. The molecule has 2 amide bonds. The van der Waals surface area contributed by atoms with E-state index in [1.54, 1.807) is 0 Å². The van der Waals surface area contributed by atoms with E-state index in [1.165, 1.54) is 63.5 Å². The van der Waals surface area contributed by atoms with Gasteiger partial charge >= 0.3 is 6.03 Å². The number of rotatable bonds is 3. The first kappa shape index (κ1) is 36.2. The highest BCUT2D eigenvalue weighted by atomic mass is 16.2. The minimum Gasteiger partial charge on any atom is -0.366 e. The van der Waals surface area contributed by atoms with E-state index in [-0.39, 0.29) is 12.1 Å². The molecule has 0 radical (unpaired) electrons. The summed E-state index contributed by atoms with van der Waals surface area (Å²) in [6.07, 6.45) is 18.4. The Hall–Kier alpha value is -4.77. The van der Waals surface area contributed by atoms with Crippen LogP contribution in [0.4, 0.5) is 27.8 Å². The number of hydrogen-bond donors (Lipinski definition) is 3. The fourth-order valence-electron chi connectivity index (χ4n) is 8.93. The summed E-state index contributed by atoms with van der Waals surface area (Å²) in [5.41, 5.74) is 14.0. The summed E-state index contributed by atoms with van der Waals surface area (Å²) in [5, 5.41) is 6.84. The number of hydrogen-bond acceptors (Lipinski definition) is 9. The second kappa shape index (κ2) is 16.3. The number of pyridine rings is 4. The van der Waals surface area contributed by atoms with Crippen molar-refractivity contribution < 1.29 is 4.79 Å².